The van der Waals surface area contributed by atoms with Gasteiger partial charge in [-0.3, -0.25) is 4.79 Å². The number of hydrogen-bond donors (Lipinski definition) is 1. The molecule has 2 rings (SSSR count). The SMILES string of the molecule is CC(=O)NC(C1=N[C@@H](Cc2ccccc2)CO1)C(C)(C)C. The van der Waals surface area contributed by atoms with Crippen LogP contribution in [0.25, 0.3) is 0 Å². The summed E-state index contributed by atoms with van der Waals surface area (Å²) in [4.78, 5) is 16.1. The van der Waals surface area contributed by atoms with E-state index in [4.69, 9.17) is 4.74 Å². The van der Waals surface area contributed by atoms with Crippen LogP contribution < -0.4 is 5.32 Å². The van der Waals surface area contributed by atoms with Crippen LogP contribution in [0.15, 0.2) is 35.3 Å². The highest BCUT2D eigenvalue weighted by Crippen LogP contribution is 2.24. The molecule has 1 aromatic carbocycles. The fourth-order valence-electron chi connectivity index (χ4n) is 2.44. The Kier molecular flexibility index (Phi) is 4.66. The number of hydrogen-bond acceptors (Lipinski definition) is 3. The third-order valence-corrected chi connectivity index (χ3v) is 3.51. The third-order valence-electron chi connectivity index (χ3n) is 3.51. The summed E-state index contributed by atoms with van der Waals surface area (Å²) in [5, 5.41) is 2.95. The zero-order chi connectivity index (χ0) is 15.5. The summed E-state index contributed by atoms with van der Waals surface area (Å²) >= 11 is 0. The zero-order valence-corrected chi connectivity index (χ0v) is 13.2. The maximum atomic E-state index is 11.4. The van der Waals surface area contributed by atoms with Gasteiger partial charge in [-0.1, -0.05) is 51.1 Å². The Morgan fingerprint density at radius 1 is 1.38 bits per heavy atom. The zero-order valence-electron chi connectivity index (χ0n) is 13.2. The predicted molar refractivity (Wildman–Crippen MR) is 84.4 cm³/mol. The molecule has 1 unspecified atom stereocenters. The summed E-state index contributed by atoms with van der Waals surface area (Å²) in [6.07, 6.45) is 0.862. The average Bonchev–Trinajstić information content (AvgIpc) is 2.84. The number of carbonyl (C=O) groups excluding carboxylic acids is 1. The average molecular weight is 288 g/mol. The molecule has 4 heteroatoms. The van der Waals surface area contributed by atoms with Crippen molar-refractivity contribution in [2.75, 3.05) is 6.61 Å². The normalized spacial score (nSPS) is 19.6. The summed E-state index contributed by atoms with van der Waals surface area (Å²) < 4.78 is 5.76. The van der Waals surface area contributed by atoms with Crippen molar-refractivity contribution in [1.29, 1.82) is 0 Å². The smallest absolute Gasteiger partial charge is 0.217 e. The van der Waals surface area contributed by atoms with Crippen molar-refractivity contribution in [3.63, 3.8) is 0 Å². The Morgan fingerprint density at radius 3 is 2.62 bits per heavy atom. The number of nitrogens with one attached hydrogen (secondary N) is 1. The molecule has 0 spiro atoms. The Labute approximate surface area is 126 Å². The molecule has 1 N–H and O–H groups in total. The van der Waals surface area contributed by atoms with Gasteiger partial charge in [0.2, 0.25) is 11.8 Å². The van der Waals surface area contributed by atoms with Crippen LogP contribution in [0.2, 0.25) is 0 Å². The Bertz CT molecular complexity index is 517. The number of ether oxygens (including phenoxy) is 1. The summed E-state index contributed by atoms with van der Waals surface area (Å²) in [7, 11) is 0. The van der Waals surface area contributed by atoms with Crippen LogP contribution >= 0.6 is 0 Å². The molecule has 0 fully saturated rings. The summed E-state index contributed by atoms with van der Waals surface area (Å²) in [6, 6.07) is 10.2. The fraction of sp³-hybridized carbons (Fsp3) is 0.529. The lowest BCUT2D eigenvalue weighted by atomic mass is 9.86. The molecule has 1 amide bonds. The van der Waals surface area contributed by atoms with Crippen molar-refractivity contribution in [2.24, 2.45) is 10.4 Å². The second-order valence-electron chi connectivity index (χ2n) is 6.62. The van der Waals surface area contributed by atoms with Crippen molar-refractivity contribution in [2.45, 2.75) is 46.2 Å². The molecular weight excluding hydrogens is 264 g/mol. The van der Waals surface area contributed by atoms with Gasteiger partial charge in [0.15, 0.2) is 0 Å². The van der Waals surface area contributed by atoms with E-state index in [1.807, 2.05) is 18.2 Å². The maximum absolute atomic E-state index is 11.4. The van der Waals surface area contributed by atoms with Gasteiger partial charge < -0.3 is 10.1 Å². The lowest BCUT2D eigenvalue weighted by Gasteiger charge is -2.30. The minimum atomic E-state index is -0.184. The van der Waals surface area contributed by atoms with Crippen molar-refractivity contribution < 1.29 is 9.53 Å². The number of aliphatic imine (C=N–C) groups is 1. The van der Waals surface area contributed by atoms with Crippen LogP contribution in [0.5, 0.6) is 0 Å². The van der Waals surface area contributed by atoms with Gasteiger partial charge in [-0.15, -0.1) is 0 Å². The monoisotopic (exact) mass is 288 g/mol. The van der Waals surface area contributed by atoms with E-state index < -0.39 is 0 Å². The first-order valence-electron chi connectivity index (χ1n) is 7.38. The molecule has 0 radical (unpaired) electrons. The molecule has 114 valence electrons. The Balaban J connectivity index is 2.09. The molecule has 21 heavy (non-hydrogen) atoms. The minimum absolute atomic E-state index is 0.0623. The second kappa shape index (κ2) is 6.29. The van der Waals surface area contributed by atoms with Gasteiger partial charge in [0, 0.05) is 6.92 Å². The number of nitrogens with zero attached hydrogens (tertiary/aromatic N) is 1. The molecule has 0 bridgehead atoms. The Morgan fingerprint density at radius 2 is 2.05 bits per heavy atom. The first kappa shape index (κ1) is 15.5. The fourth-order valence-corrected chi connectivity index (χ4v) is 2.44. The minimum Gasteiger partial charge on any atom is -0.477 e. The van der Waals surface area contributed by atoms with Crippen molar-refractivity contribution >= 4 is 11.8 Å². The van der Waals surface area contributed by atoms with Crippen LogP contribution in [0, 0.1) is 5.41 Å². The first-order valence-corrected chi connectivity index (χ1v) is 7.38. The van der Waals surface area contributed by atoms with E-state index in [-0.39, 0.29) is 23.4 Å². The molecule has 0 saturated carbocycles. The summed E-state index contributed by atoms with van der Waals surface area (Å²) in [5.41, 5.74) is 1.12. The topological polar surface area (TPSA) is 50.7 Å². The van der Waals surface area contributed by atoms with E-state index in [0.717, 1.165) is 6.42 Å². The van der Waals surface area contributed by atoms with E-state index >= 15 is 0 Å². The van der Waals surface area contributed by atoms with Gasteiger partial charge >= 0.3 is 0 Å². The third kappa shape index (κ3) is 4.31. The molecule has 4 nitrogen and oxygen atoms in total. The standard InChI is InChI=1S/C17H24N2O2/c1-12(20)18-15(17(2,3)4)16-19-14(11-21-16)10-13-8-6-5-7-9-13/h5-9,14-15H,10-11H2,1-4H3,(H,18,20)/t14-,15?/m0/s1. The number of rotatable bonds is 4. The molecular formula is C17H24N2O2. The van der Waals surface area contributed by atoms with Crippen LogP contribution in [0.4, 0.5) is 0 Å². The molecule has 2 atom stereocenters. The van der Waals surface area contributed by atoms with Gasteiger partial charge in [-0.2, -0.15) is 0 Å². The van der Waals surface area contributed by atoms with E-state index in [0.29, 0.717) is 12.5 Å². The van der Waals surface area contributed by atoms with Crippen molar-refractivity contribution in [1.82, 2.24) is 5.32 Å². The van der Waals surface area contributed by atoms with E-state index in [1.165, 1.54) is 12.5 Å². The van der Waals surface area contributed by atoms with Crippen LogP contribution in [-0.4, -0.2) is 30.5 Å². The quantitative estimate of drug-likeness (QED) is 0.925. The van der Waals surface area contributed by atoms with Gasteiger partial charge in [0.05, 0.1) is 6.04 Å². The van der Waals surface area contributed by atoms with Crippen LogP contribution in [0.3, 0.4) is 0 Å². The van der Waals surface area contributed by atoms with Crippen molar-refractivity contribution in [3.05, 3.63) is 35.9 Å². The molecule has 1 aliphatic rings. The van der Waals surface area contributed by atoms with Crippen LogP contribution in [0.1, 0.15) is 33.3 Å². The highest BCUT2D eigenvalue weighted by atomic mass is 16.5. The van der Waals surface area contributed by atoms with Gasteiger partial charge in [0.25, 0.3) is 0 Å². The molecule has 0 aliphatic carbocycles. The molecule has 1 aromatic rings. The number of amides is 1. The number of carbonyl (C=O) groups is 1. The lowest BCUT2D eigenvalue weighted by Crippen LogP contribution is -2.48. The molecule has 0 aromatic heterocycles. The number of benzene rings is 1. The lowest BCUT2D eigenvalue weighted by molar-refractivity contribution is -0.119. The molecule has 1 heterocycles. The summed E-state index contributed by atoms with van der Waals surface area (Å²) in [6.45, 7) is 8.32. The van der Waals surface area contributed by atoms with E-state index in [9.17, 15) is 4.79 Å². The molecule has 0 saturated heterocycles. The predicted octanol–water partition coefficient (Wildman–Crippen LogP) is 2.58. The van der Waals surface area contributed by atoms with Crippen LogP contribution in [-0.2, 0) is 16.0 Å². The van der Waals surface area contributed by atoms with Gasteiger partial charge in [0.1, 0.15) is 12.6 Å². The first-order chi connectivity index (χ1) is 9.86. The largest absolute Gasteiger partial charge is 0.477 e. The molecule has 1 aliphatic heterocycles. The van der Waals surface area contributed by atoms with Gasteiger partial charge in [-0.05, 0) is 17.4 Å². The maximum Gasteiger partial charge on any atom is 0.217 e. The van der Waals surface area contributed by atoms with E-state index in [1.54, 1.807) is 0 Å². The van der Waals surface area contributed by atoms with Gasteiger partial charge in [-0.25, -0.2) is 4.99 Å². The van der Waals surface area contributed by atoms with E-state index in [2.05, 4.69) is 43.2 Å². The second-order valence-corrected chi connectivity index (χ2v) is 6.62. The Hall–Kier alpha value is -1.84. The highest BCUT2D eigenvalue weighted by molar-refractivity contribution is 5.88. The summed E-state index contributed by atoms with van der Waals surface area (Å²) in [5.74, 6) is 0.589. The van der Waals surface area contributed by atoms with Crippen molar-refractivity contribution in [3.8, 4) is 0 Å². The highest BCUT2D eigenvalue weighted by Gasteiger charge is 2.35.